The van der Waals surface area contributed by atoms with Crippen LogP contribution in [-0.2, 0) is 4.79 Å². The van der Waals surface area contributed by atoms with Crippen LogP contribution in [0, 0.1) is 6.92 Å². The fourth-order valence-corrected chi connectivity index (χ4v) is 3.12. The van der Waals surface area contributed by atoms with Crippen LogP contribution in [0.4, 0.5) is 0 Å². The average Bonchev–Trinajstić information content (AvgIpc) is 2.72. The molecule has 0 aliphatic carbocycles. The van der Waals surface area contributed by atoms with Gasteiger partial charge in [-0.2, -0.15) is 0 Å². The molecule has 3 rings (SSSR count). The largest absolute Gasteiger partial charge is 0.337 e. The first-order valence-corrected chi connectivity index (χ1v) is 6.36. The van der Waals surface area contributed by atoms with Gasteiger partial charge in [0.15, 0.2) is 0 Å². The van der Waals surface area contributed by atoms with E-state index in [1.165, 1.54) is 11.1 Å². The van der Waals surface area contributed by atoms with E-state index in [1.807, 2.05) is 0 Å². The van der Waals surface area contributed by atoms with E-state index in [0.29, 0.717) is 24.4 Å². The van der Waals surface area contributed by atoms with Gasteiger partial charge in [-0.3, -0.25) is 4.79 Å². The van der Waals surface area contributed by atoms with Crippen LogP contribution in [0.15, 0.2) is 24.3 Å². The summed E-state index contributed by atoms with van der Waals surface area (Å²) in [6, 6.07) is 9.15. The minimum absolute atomic E-state index is 0. The molecule has 0 saturated carbocycles. The molecule has 4 heteroatoms. The summed E-state index contributed by atoms with van der Waals surface area (Å²) >= 11 is 0. The van der Waals surface area contributed by atoms with Gasteiger partial charge in [-0.05, 0) is 24.5 Å². The maximum Gasteiger partial charge on any atom is 0.223 e. The topological polar surface area (TPSA) is 32.3 Å². The summed E-state index contributed by atoms with van der Waals surface area (Å²) < 4.78 is 0. The highest BCUT2D eigenvalue weighted by atomic mass is 35.5. The first-order chi connectivity index (χ1) is 8.27. The minimum atomic E-state index is 0. The number of benzene rings is 1. The van der Waals surface area contributed by atoms with Crippen molar-refractivity contribution in [3.8, 4) is 0 Å². The van der Waals surface area contributed by atoms with E-state index in [-0.39, 0.29) is 12.4 Å². The van der Waals surface area contributed by atoms with Gasteiger partial charge in [-0.15, -0.1) is 12.4 Å². The number of aryl methyl sites for hydroxylation is 1. The molecule has 0 radical (unpaired) electrons. The Bertz CT molecular complexity index is 449. The summed E-state index contributed by atoms with van der Waals surface area (Å²) in [5.74, 6) is 0.329. The van der Waals surface area contributed by atoms with Gasteiger partial charge in [0, 0.05) is 19.5 Å². The van der Waals surface area contributed by atoms with E-state index in [2.05, 4.69) is 41.4 Å². The molecule has 1 N–H and O–H groups in total. The Kier molecular flexibility index (Phi) is 3.93. The summed E-state index contributed by atoms with van der Waals surface area (Å²) in [6.45, 7) is 3.92. The molecule has 2 aliphatic rings. The zero-order chi connectivity index (χ0) is 11.8. The highest BCUT2D eigenvalue weighted by Gasteiger charge is 2.39. The van der Waals surface area contributed by atoms with Crippen LogP contribution in [0.25, 0.3) is 0 Å². The van der Waals surface area contributed by atoms with E-state index in [1.54, 1.807) is 0 Å². The third-order valence-electron chi connectivity index (χ3n) is 4.00. The average molecular weight is 267 g/mol. The van der Waals surface area contributed by atoms with Crippen molar-refractivity contribution >= 4 is 18.3 Å². The quantitative estimate of drug-likeness (QED) is 0.844. The first kappa shape index (κ1) is 13.4. The summed E-state index contributed by atoms with van der Waals surface area (Å²) in [5, 5.41) is 3.57. The van der Waals surface area contributed by atoms with Gasteiger partial charge < -0.3 is 10.2 Å². The van der Waals surface area contributed by atoms with Crippen molar-refractivity contribution in [1.29, 1.82) is 0 Å². The lowest BCUT2D eigenvalue weighted by molar-refractivity contribution is -0.130. The van der Waals surface area contributed by atoms with E-state index >= 15 is 0 Å². The number of amides is 1. The summed E-state index contributed by atoms with van der Waals surface area (Å²) in [6.07, 6.45) is 1.71. The van der Waals surface area contributed by atoms with Crippen molar-refractivity contribution in [2.24, 2.45) is 0 Å². The van der Waals surface area contributed by atoms with Crippen LogP contribution in [0.2, 0.25) is 0 Å². The van der Waals surface area contributed by atoms with Gasteiger partial charge in [0.2, 0.25) is 5.91 Å². The molecule has 3 nitrogen and oxygen atoms in total. The van der Waals surface area contributed by atoms with Gasteiger partial charge in [-0.1, -0.05) is 24.3 Å². The van der Waals surface area contributed by atoms with E-state index in [4.69, 9.17) is 0 Å². The summed E-state index contributed by atoms with van der Waals surface area (Å²) in [4.78, 5) is 13.8. The van der Waals surface area contributed by atoms with Gasteiger partial charge in [-0.25, -0.2) is 0 Å². The molecule has 2 heterocycles. The number of nitrogens with one attached hydrogen (secondary N) is 1. The van der Waals surface area contributed by atoms with Crippen LogP contribution in [0.1, 0.15) is 30.0 Å². The highest BCUT2D eigenvalue weighted by Crippen LogP contribution is 2.33. The molecular weight excluding hydrogens is 248 g/mol. The van der Waals surface area contributed by atoms with Crippen LogP contribution >= 0.6 is 12.4 Å². The van der Waals surface area contributed by atoms with Crippen molar-refractivity contribution in [3.63, 3.8) is 0 Å². The molecule has 0 spiro atoms. The predicted molar refractivity (Wildman–Crippen MR) is 73.9 cm³/mol. The maximum atomic E-state index is 11.8. The van der Waals surface area contributed by atoms with Crippen LogP contribution in [0.3, 0.4) is 0 Å². The Morgan fingerprint density at radius 1 is 1.33 bits per heavy atom. The zero-order valence-corrected chi connectivity index (χ0v) is 11.4. The smallest absolute Gasteiger partial charge is 0.223 e. The van der Waals surface area contributed by atoms with E-state index in [9.17, 15) is 4.79 Å². The number of halogens is 1. The number of hydrogen-bond donors (Lipinski definition) is 1. The van der Waals surface area contributed by atoms with Crippen LogP contribution < -0.4 is 5.32 Å². The summed E-state index contributed by atoms with van der Waals surface area (Å²) in [5.41, 5.74) is 2.66. The van der Waals surface area contributed by atoms with Crippen molar-refractivity contribution < 1.29 is 4.79 Å². The monoisotopic (exact) mass is 266 g/mol. The van der Waals surface area contributed by atoms with Crippen LogP contribution in [0.5, 0.6) is 0 Å². The number of carbonyl (C=O) groups excluding carboxylic acids is 1. The second-order valence-corrected chi connectivity index (χ2v) is 4.98. The number of piperazine rings is 1. The van der Waals surface area contributed by atoms with Crippen LogP contribution in [-0.4, -0.2) is 29.9 Å². The molecule has 0 aromatic heterocycles. The lowest BCUT2D eigenvalue weighted by Gasteiger charge is -2.38. The SMILES string of the molecule is Cc1ccccc1C1NCCN2C(=O)CCC12.Cl. The highest BCUT2D eigenvalue weighted by molar-refractivity contribution is 5.85. The fraction of sp³-hybridized carbons (Fsp3) is 0.500. The van der Waals surface area contributed by atoms with Gasteiger partial charge in [0.05, 0.1) is 12.1 Å². The Balaban J connectivity index is 0.00000120. The van der Waals surface area contributed by atoms with Crippen molar-refractivity contribution in [1.82, 2.24) is 10.2 Å². The number of carbonyl (C=O) groups is 1. The molecule has 1 aromatic rings. The van der Waals surface area contributed by atoms with Gasteiger partial charge in [0.25, 0.3) is 0 Å². The number of rotatable bonds is 1. The molecule has 98 valence electrons. The third kappa shape index (κ3) is 2.13. The van der Waals surface area contributed by atoms with Crippen molar-refractivity contribution in [2.45, 2.75) is 31.8 Å². The van der Waals surface area contributed by atoms with Gasteiger partial charge >= 0.3 is 0 Å². The molecule has 2 saturated heterocycles. The molecule has 0 bridgehead atoms. The molecule has 2 aliphatic heterocycles. The number of hydrogen-bond acceptors (Lipinski definition) is 2. The Hall–Kier alpha value is -1.06. The normalized spacial score (nSPS) is 26.7. The van der Waals surface area contributed by atoms with Gasteiger partial charge in [0.1, 0.15) is 0 Å². The molecule has 2 atom stereocenters. The zero-order valence-electron chi connectivity index (χ0n) is 10.6. The second kappa shape index (κ2) is 5.29. The number of nitrogens with zero attached hydrogens (tertiary/aromatic N) is 1. The first-order valence-electron chi connectivity index (χ1n) is 6.36. The molecule has 1 amide bonds. The van der Waals surface area contributed by atoms with Crippen molar-refractivity contribution in [3.05, 3.63) is 35.4 Å². The molecule has 18 heavy (non-hydrogen) atoms. The Labute approximate surface area is 114 Å². The predicted octanol–water partition coefficient (Wildman–Crippen LogP) is 2.05. The van der Waals surface area contributed by atoms with E-state index in [0.717, 1.165) is 19.5 Å². The summed E-state index contributed by atoms with van der Waals surface area (Å²) in [7, 11) is 0. The minimum Gasteiger partial charge on any atom is -0.337 e. The fourth-order valence-electron chi connectivity index (χ4n) is 3.12. The molecule has 1 aromatic carbocycles. The number of fused-ring (bicyclic) bond motifs is 1. The van der Waals surface area contributed by atoms with E-state index < -0.39 is 0 Å². The lowest BCUT2D eigenvalue weighted by atomic mass is 9.92. The molecule has 2 fully saturated rings. The van der Waals surface area contributed by atoms with Crippen molar-refractivity contribution in [2.75, 3.05) is 13.1 Å². The lowest BCUT2D eigenvalue weighted by Crippen LogP contribution is -2.51. The maximum absolute atomic E-state index is 11.8. The molecule has 2 unspecified atom stereocenters. The molecular formula is C14H19ClN2O. The Morgan fingerprint density at radius 3 is 2.89 bits per heavy atom. The standard InChI is InChI=1S/C14H18N2O.ClH/c1-10-4-2-3-5-11(10)14-12-6-7-13(17)16(12)9-8-15-14;/h2-5,12,14-15H,6-9H2,1H3;1H. The second-order valence-electron chi connectivity index (χ2n) is 4.98. The third-order valence-corrected chi connectivity index (χ3v) is 4.00. The Morgan fingerprint density at radius 2 is 2.11 bits per heavy atom.